The van der Waals surface area contributed by atoms with E-state index < -0.39 is 0 Å². The van der Waals surface area contributed by atoms with Crippen molar-refractivity contribution in [2.75, 3.05) is 0 Å². The molecule has 0 spiro atoms. The molecule has 0 saturated heterocycles. The van der Waals surface area contributed by atoms with E-state index in [0.717, 1.165) is 11.4 Å². The van der Waals surface area contributed by atoms with Gasteiger partial charge in [-0.05, 0) is 12.1 Å². The van der Waals surface area contributed by atoms with E-state index >= 15 is 0 Å². The molecule has 0 aromatic carbocycles. The summed E-state index contributed by atoms with van der Waals surface area (Å²) >= 11 is 0. The standard InChI is InChI=1S/C9H13N5/c1-6-7(9(2,3)4)14-5-10-13-12-8(14)11-6/h5H,1-4H3. The number of nitrogens with zero attached hydrogens (tertiary/aromatic N) is 5. The van der Waals surface area contributed by atoms with Gasteiger partial charge < -0.3 is 0 Å². The van der Waals surface area contributed by atoms with E-state index in [4.69, 9.17) is 0 Å². The Hall–Kier alpha value is -1.52. The van der Waals surface area contributed by atoms with Crippen LogP contribution in [0.3, 0.4) is 0 Å². The molecule has 0 fully saturated rings. The molecule has 14 heavy (non-hydrogen) atoms. The number of rotatable bonds is 0. The van der Waals surface area contributed by atoms with Gasteiger partial charge in [-0.15, -0.1) is 5.10 Å². The van der Waals surface area contributed by atoms with Crippen molar-refractivity contribution in [1.82, 2.24) is 24.8 Å². The minimum absolute atomic E-state index is 0.0359. The highest BCUT2D eigenvalue weighted by molar-refractivity contribution is 5.36. The van der Waals surface area contributed by atoms with Crippen molar-refractivity contribution in [3.63, 3.8) is 0 Å². The molecule has 0 atom stereocenters. The van der Waals surface area contributed by atoms with Gasteiger partial charge in [-0.3, -0.25) is 4.40 Å². The van der Waals surface area contributed by atoms with Crippen LogP contribution in [0, 0.1) is 6.92 Å². The Morgan fingerprint density at radius 3 is 2.64 bits per heavy atom. The van der Waals surface area contributed by atoms with Crippen molar-refractivity contribution in [3.8, 4) is 0 Å². The second-order valence-corrected chi connectivity index (χ2v) is 4.39. The van der Waals surface area contributed by atoms with Crippen LogP contribution in [0.25, 0.3) is 5.78 Å². The second-order valence-electron chi connectivity index (χ2n) is 4.39. The van der Waals surface area contributed by atoms with Gasteiger partial charge in [0.2, 0.25) is 0 Å². The van der Waals surface area contributed by atoms with Gasteiger partial charge in [-0.2, -0.15) is 0 Å². The van der Waals surface area contributed by atoms with Crippen LogP contribution in [-0.4, -0.2) is 24.8 Å². The zero-order valence-electron chi connectivity index (χ0n) is 8.81. The van der Waals surface area contributed by atoms with E-state index in [1.165, 1.54) is 0 Å². The van der Waals surface area contributed by atoms with E-state index in [0.29, 0.717) is 5.78 Å². The third kappa shape index (κ3) is 1.25. The Morgan fingerprint density at radius 2 is 2.00 bits per heavy atom. The van der Waals surface area contributed by atoms with Crippen LogP contribution in [0.15, 0.2) is 6.33 Å². The molecule has 5 heteroatoms. The Bertz CT molecular complexity index is 465. The van der Waals surface area contributed by atoms with Gasteiger partial charge in [0.25, 0.3) is 5.78 Å². The van der Waals surface area contributed by atoms with Crippen molar-refractivity contribution in [2.45, 2.75) is 33.1 Å². The lowest BCUT2D eigenvalue weighted by atomic mass is 9.91. The average molecular weight is 191 g/mol. The monoisotopic (exact) mass is 191 g/mol. The van der Waals surface area contributed by atoms with Gasteiger partial charge in [0, 0.05) is 5.41 Å². The first-order chi connectivity index (χ1) is 6.50. The van der Waals surface area contributed by atoms with Crippen LogP contribution < -0.4 is 0 Å². The molecule has 0 bridgehead atoms. The highest BCUT2D eigenvalue weighted by Crippen LogP contribution is 2.25. The Labute approximate surface area is 82.2 Å². The van der Waals surface area contributed by atoms with Gasteiger partial charge >= 0.3 is 0 Å². The molecule has 0 amide bonds. The maximum Gasteiger partial charge on any atom is 0.257 e. The predicted octanol–water partition coefficient (Wildman–Crippen LogP) is 1.13. The SMILES string of the molecule is Cc1nc2nnncn2c1C(C)(C)C. The summed E-state index contributed by atoms with van der Waals surface area (Å²) in [5.74, 6) is 0.613. The molecule has 5 nitrogen and oxygen atoms in total. The minimum Gasteiger partial charge on any atom is -0.268 e. The Morgan fingerprint density at radius 1 is 1.29 bits per heavy atom. The summed E-state index contributed by atoms with van der Waals surface area (Å²) in [4.78, 5) is 4.33. The molecular formula is C9H13N5. The van der Waals surface area contributed by atoms with Gasteiger partial charge in [-0.25, -0.2) is 4.98 Å². The van der Waals surface area contributed by atoms with Crippen molar-refractivity contribution in [2.24, 2.45) is 0 Å². The van der Waals surface area contributed by atoms with Crippen molar-refractivity contribution >= 4 is 5.78 Å². The molecule has 2 heterocycles. The minimum atomic E-state index is 0.0359. The molecular weight excluding hydrogens is 178 g/mol. The maximum absolute atomic E-state index is 4.33. The molecule has 74 valence electrons. The van der Waals surface area contributed by atoms with Crippen molar-refractivity contribution in [1.29, 1.82) is 0 Å². The van der Waals surface area contributed by atoms with E-state index in [-0.39, 0.29) is 5.41 Å². The molecule has 0 radical (unpaired) electrons. The van der Waals surface area contributed by atoms with Crippen LogP contribution in [0.2, 0.25) is 0 Å². The molecule has 2 aromatic rings. The van der Waals surface area contributed by atoms with Crippen LogP contribution in [0.1, 0.15) is 32.2 Å². The maximum atomic E-state index is 4.33. The fourth-order valence-corrected chi connectivity index (χ4v) is 1.76. The molecule has 2 aromatic heterocycles. The zero-order valence-corrected chi connectivity index (χ0v) is 8.81. The molecule has 2 rings (SSSR count). The molecule has 0 aliphatic heterocycles. The number of hydrogen-bond acceptors (Lipinski definition) is 4. The summed E-state index contributed by atoms with van der Waals surface area (Å²) in [6.45, 7) is 8.41. The van der Waals surface area contributed by atoms with Crippen molar-refractivity contribution in [3.05, 3.63) is 17.7 Å². The number of aromatic nitrogens is 5. The lowest BCUT2D eigenvalue weighted by molar-refractivity contribution is 0.554. The summed E-state index contributed by atoms with van der Waals surface area (Å²) in [6.07, 6.45) is 1.66. The van der Waals surface area contributed by atoms with E-state index in [9.17, 15) is 0 Å². The van der Waals surface area contributed by atoms with E-state index in [2.05, 4.69) is 41.2 Å². The number of hydrogen-bond donors (Lipinski definition) is 0. The summed E-state index contributed by atoms with van der Waals surface area (Å²) < 4.78 is 1.89. The molecule has 0 aliphatic carbocycles. The topological polar surface area (TPSA) is 56.0 Å². The fraction of sp³-hybridized carbons (Fsp3) is 0.556. The summed E-state index contributed by atoms with van der Waals surface area (Å²) in [6, 6.07) is 0. The van der Waals surface area contributed by atoms with Crippen LogP contribution in [0.4, 0.5) is 0 Å². The third-order valence-electron chi connectivity index (χ3n) is 2.13. The quantitative estimate of drug-likeness (QED) is 0.626. The first kappa shape index (κ1) is 9.05. The first-order valence-corrected chi connectivity index (χ1v) is 4.53. The molecule has 0 unspecified atom stereocenters. The summed E-state index contributed by atoms with van der Waals surface area (Å²) in [5, 5.41) is 11.2. The van der Waals surface area contributed by atoms with E-state index in [1.54, 1.807) is 6.33 Å². The fourth-order valence-electron chi connectivity index (χ4n) is 1.76. The molecule has 0 saturated carbocycles. The highest BCUT2D eigenvalue weighted by Gasteiger charge is 2.22. The molecule has 0 aliphatic rings. The van der Waals surface area contributed by atoms with E-state index in [1.807, 2.05) is 11.3 Å². The van der Waals surface area contributed by atoms with Crippen LogP contribution in [0.5, 0.6) is 0 Å². The van der Waals surface area contributed by atoms with Crippen LogP contribution >= 0.6 is 0 Å². The summed E-state index contributed by atoms with van der Waals surface area (Å²) in [7, 11) is 0. The average Bonchev–Trinajstić information content (AvgIpc) is 2.38. The zero-order chi connectivity index (χ0) is 10.3. The lowest BCUT2D eigenvalue weighted by Gasteiger charge is -2.18. The van der Waals surface area contributed by atoms with Gasteiger partial charge in [0.15, 0.2) is 0 Å². The number of fused-ring (bicyclic) bond motifs is 1. The highest BCUT2D eigenvalue weighted by atomic mass is 15.4. The van der Waals surface area contributed by atoms with Crippen molar-refractivity contribution < 1.29 is 0 Å². The first-order valence-electron chi connectivity index (χ1n) is 4.53. The van der Waals surface area contributed by atoms with Gasteiger partial charge in [-0.1, -0.05) is 25.9 Å². The normalized spacial score (nSPS) is 12.3. The van der Waals surface area contributed by atoms with Crippen LogP contribution in [-0.2, 0) is 5.41 Å². The summed E-state index contributed by atoms with van der Waals surface area (Å²) in [5.41, 5.74) is 2.16. The third-order valence-corrected chi connectivity index (χ3v) is 2.13. The van der Waals surface area contributed by atoms with Gasteiger partial charge in [0.05, 0.1) is 11.4 Å². The Kier molecular flexibility index (Phi) is 1.77. The second kappa shape index (κ2) is 2.73. The predicted molar refractivity (Wildman–Crippen MR) is 52.0 cm³/mol. The molecule has 0 N–H and O–H groups in total. The van der Waals surface area contributed by atoms with Gasteiger partial charge in [0.1, 0.15) is 6.33 Å². The number of imidazole rings is 1. The number of aryl methyl sites for hydroxylation is 1. The smallest absolute Gasteiger partial charge is 0.257 e. The lowest BCUT2D eigenvalue weighted by Crippen LogP contribution is -2.16. The largest absolute Gasteiger partial charge is 0.268 e. The Balaban J connectivity index is 2.81.